The normalized spacial score (nSPS) is 11.1. The fourth-order valence-corrected chi connectivity index (χ4v) is 2.18. The van der Waals surface area contributed by atoms with Gasteiger partial charge in [0.2, 0.25) is 0 Å². The van der Waals surface area contributed by atoms with Crippen molar-refractivity contribution >= 4 is 34.4 Å². The van der Waals surface area contributed by atoms with Crippen LogP contribution in [0.1, 0.15) is 11.1 Å². The van der Waals surface area contributed by atoms with E-state index in [1.54, 1.807) is 6.21 Å². The van der Waals surface area contributed by atoms with E-state index in [2.05, 4.69) is 27.6 Å². The Morgan fingerprint density at radius 3 is 2.48 bits per heavy atom. The number of benzene rings is 2. The Bertz CT molecular complexity index is 797. The summed E-state index contributed by atoms with van der Waals surface area (Å²) in [6.07, 6.45) is 1.74. The van der Waals surface area contributed by atoms with Crippen molar-refractivity contribution in [3.63, 3.8) is 0 Å². The molecule has 5 heteroatoms. The van der Waals surface area contributed by atoms with E-state index in [1.807, 2.05) is 48.5 Å². The number of nitrogens with one attached hydrogen (secondary N) is 1. The molecule has 0 aliphatic rings. The van der Waals surface area contributed by atoms with Crippen LogP contribution in [-0.4, -0.2) is 16.4 Å². The molecular weight excluding hydrogens is 284 g/mol. The minimum Gasteiger partial charge on any atom is -0.259 e. The Labute approximate surface area is 127 Å². The summed E-state index contributed by atoms with van der Waals surface area (Å²) >= 11 is 6.03. The molecule has 3 aromatic rings. The molecule has 0 radical (unpaired) electrons. The number of hydrazone groups is 1. The van der Waals surface area contributed by atoms with Gasteiger partial charge in [-0.3, -0.25) is 5.43 Å². The number of anilines is 1. The van der Waals surface area contributed by atoms with E-state index in [4.69, 9.17) is 11.6 Å². The van der Waals surface area contributed by atoms with Gasteiger partial charge in [-0.25, -0.2) is 0 Å². The van der Waals surface area contributed by atoms with Gasteiger partial charge in [-0.2, -0.15) is 5.10 Å². The standard InChI is InChI=1S/C16H13ClN4/c1-11-6-8-12(9-7-11)10-18-20-16-14-5-3-2-4-13(14)15(17)19-21-16/h2-10H,1H3,(H,20,21). The molecule has 3 rings (SSSR count). The van der Waals surface area contributed by atoms with Crippen LogP contribution in [0.25, 0.3) is 10.8 Å². The molecule has 4 nitrogen and oxygen atoms in total. The zero-order chi connectivity index (χ0) is 14.7. The lowest BCUT2D eigenvalue weighted by Gasteiger charge is -2.04. The minimum atomic E-state index is 0.388. The van der Waals surface area contributed by atoms with Crippen molar-refractivity contribution in [2.24, 2.45) is 5.10 Å². The molecule has 0 spiro atoms. The van der Waals surface area contributed by atoms with Crippen LogP contribution in [0.5, 0.6) is 0 Å². The van der Waals surface area contributed by atoms with Crippen LogP contribution in [0.15, 0.2) is 53.6 Å². The molecule has 1 aromatic heterocycles. The molecule has 21 heavy (non-hydrogen) atoms. The predicted molar refractivity (Wildman–Crippen MR) is 86.9 cm³/mol. The van der Waals surface area contributed by atoms with Crippen LogP contribution in [0, 0.1) is 6.92 Å². The second kappa shape index (κ2) is 5.89. The third kappa shape index (κ3) is 3.01. The van der Waals surface area contributed by atoms with Gasteiger partial charge < -0.3 is 0 Å². The minimum absolute atomic E-state index is 0.388. The van der Waals surface area contributed by atoms with Crippen LogP contribution in [-0.2, 0) is 0 Å². The molecule has 0 unspecified atom stereocenters. The number of rotatable bonds is 3. The molecule has 0 saturated heterocycles. The smallest absolute Gasteiger partial charge is 0.176 e. The number of halogens is 1. The fraction of sp³-hybridized carbons (Fsp3) is 0.0625. The molecular formula is C16H13ClN4. The third-order valence-electron chi connectivity index (χ3n) is 3.10. The summed E-state index contributed by atoms with van der Waals surface area (Å²) in [6, 6.07) is 15.8. The summed E-state index contributed by atoms with van der Waals surface area (Å²) in [4.78, 5) is 0. The average Bonchev–Trinajstić information content (AvgIpc) is 2.52. The van der Waals surface area contributed by atoms with E-state index in [0.29, 0.717) is 11.0 Å². The first kappa shape index (κ1) is 13.5. The van der Waals surface area contributed by atoms with Gasteiger partial charge in [-0.1, -0.05) is 65.7 Å². The monoisotopic (exact) mass is 296 g/mol. The molecule has 0 fully saturated rings. The van der Waals surface area contributed by atoms with Crippen molar-refractivity contribution in [2.75, 3.05) is 5.43 Å². The lowest BCUT2D eigenvalue weighted by atomic mass is 10.2. The number of aryl methyl sites for hydroxylation is 1. The van der Waals surface area contributed by atoms with Gasteiger partial charge in [0.25, 0.3) is 0 Å². The topological polar surface area (TPSA) is 50.2 Å². The van der Waals surface area contributed by atoms with Crippen molar-refractivity contribution in [1.29, 1.82) is 0 Å². The fourth-order valence-electron chi connectivity index (χ4n) is 1.97. The van der Waals surface area contributed by atoms with Gasteiger partial charge in [0, 0.05) is 10.8 Å². The Morgan fingerprint density at radius 1 is 1.00 bits per heavy atom. The maximum Gasteiger partial charge on any atom is 0.176 e. The van der Waals surface area contributed by atoms with Crippen molar-refractivity contribution in [2.45, 2.75) is 6.92 Å². The second-order valence-electron chi connectivity index (χ2n) is 4.67. The summed E-state index contributed by atoms with van der Waals surface area (Å²) in [5, 5.41) is 14.3. The largest absolute Gasteiger partial charge is 0.259 e. The zero-order valence-electron chi connectivity index (χ0n) is 11.4. The third-order valence-corrected chi connectivity index (χ3v) is 3.38. The lowest BCUT2D eigenvalue weighted by Crippen LogP contribution is -1.97. The van der Waals surface area contributed by atoms with Gasteiger partial charge >= 0.3 is 0 Å². The molecule has 1 heterocycles. The van der Waals surface area contributed by atoms with Gasteiger partial charge in [-0.05, 0) is 12.5 Å². The Morgan fingerprint density at radius 2 is 1.71 bits per heavy atom. The number of hydrogen-bond donors (Lipinski definition) is 1. The van der Waals surface area contributed by atoms with E-state index in [0.717, 1.165) is 16.3 Å². The van der Waals surface area contributed by atoms with Crippen molar-refractivity contribution in [1.82, 2.24) is 10.2 Å². The van der Waals surface area contributed by atoms with Crippen LogP contribution < -0.4 is 5.43 Å². The Kier molecular flexibility index (Phi) is 3.79. The first-order chi connectivity index (χ1) is 10.2. The molecule has 0 aliphatic heterocycles. The molecule has 0 amide bonds. The van der Waals surface area contributed by atoms with Crippen LogP contribution in [0.3, 0.4) is 0 Å². The second-order valence-corrected chi connectivity index (χ2v) is 5.02. The van der Waals surface area contributed by atoms with Crippen LogP contribution in [0.4, 0.5) is 5.82 Å². The number of hydrogen-bond acceptors (Lipinski definition) is 4. The van der Waals surface area contributed by atoms with E-state index in [9.17, 15) is 0 Å². The lowest BCUT2D eigenvalue weighted by molar-refractivity contribution is 1.04. The van der Waals surface area contributed by atoms with Gasteiger partial charge in [0.1, 0.15) is 0 Å². The van der Waals surface area contributed by atoms with Crippen molar-refractivity contribution in [3.05, 3.63) is 64.8 Å². The van der Waals surface area contributed by atoms with Gasteiger partial charge in [-0.15, -0.1) is 10.2 Å². The maximum absolute atomic E-state index is 6.03. The molecule has 2 aromatic carbocycles. The Balaban J connectivity index is 1.85. The first-order valence-electron chi connectivity index (χ1n) is 6.51. The summed E-state index contributed by atoms with van der Waals surface area (Å²) in [6.45, 7) is 2.05. The van der Waals surface area contributed by atoms with Gasteiger partial charge in [0.05, 0.1) is 6.21 Å². The highest BCUT2D eigenvalue weighted by atomic mass is 35.5. The summed E-state index contributed by atoms with van der Waals surface area (Å²) in [5.41, 5.74) is 5.15. The average molecular weight is 297 g/mol. The molecule has 0 bridgehead atoms. The highest BCUT2D eigenvalue weighted by Crippen LogP contribution is 2.25. The first-order valence-corrected chi connectivity index (χ1v) is 6.88. The molecule has 0 atom stereocenters. The molecule has 0 aliphatic carbocycles. The molecule has 104 valence electrons. The van der Waals surface area contributed by atoms with Gasteiger partial charge in [0.15, 0.2) is 11.0 Å². The van der Waals surface area contributed by atoms with Crippen molar-refractivity contribution in [3.8, 4) is 0 Å². The quantitative estimate of drug-likeness (QED) is 0.586. The summed E-state index contributed by atoms with van der Waals surface area (Å²) in [5.74, 6) is 0.582. The van der Waals surface area contributed by atoms with E-state index in [-0.39, 0.29) is 0 Å². The Hall–Kier alpha value is -2.46. The molecule has 1 N–H and O–H groups in total. The number of fused-ring (bicyclic) bond motifs is 1. The predicted octanol–water partition coefficient (Wildman–Crippen LogP) is 4.04. The highest BCUT2D eigenvalue weighted by Gasteiger charge is 2.05. The van der Waals surface area contributed by atoms with E-state index >= 15 is 0 Å². The highest BCUT2D eigenvalue weighted by molar-refractivity contribution is 6.34. The van der Waals surface area contributed by atoms with Crippen molar-refractivity contribution < 1.29 is 0 Å². The zero-order valence-corrected chi connectivity index (χ0v) is 12.2. The number of nitrogens with zero attached hydrogens (tertiary/aromatic N) is 3. The summed E-state index contributed by atoms with van der Waals surface area (Å²) < 4.78 is 0. The SMILES string of the molecule is Cc1ccc(C=NNc2nnc(Cl)c3ccccc23)cc1. The number of aromatic nitrogens is 2. The van der Waals surface area contributed by atoms with Crippen LogP contribution >= 0.6 is 11.6 Å². The van der Waals surface area contributed by atoms with E-state index < -0.39 is 0 Å². The summed E-state index contributed by atoms with van der Waals surface area (Å²) in [7, 11) is 0. The van der Waals surface area contributed by atoms with Crippen LogP contribution in [0.2, 0.25) is 5.15 Å². The maximum atomic E-state index is 6.03. The molecule has 0 saturated carbocycles. The van der Waals surface area contributed by atoms with E-state index in [1.165, 1.54) is 5.56 Å².